The summed E-state index contributed by atoms with van der Waals surface area (Å²) in [4.78, 5) is 43.6. The molecule has 3 N–H and O–H groups in total. The van der Waals surface area contributed by atoms with Gasteiger partial charge in [-0.3, -0.25) is 9.59 Å². The van der Waals surface area contributed by atoms with Crippen LogP contribution in [0.1, 0.15) is 66.6 Å². The number of amides is 3. The topological polar surface area (TPSA) is 98.7 Å². The van der Waals surface area contributed by atoms with Gasteiger partial charge in [0.25, 0.3) is 0 Å². The number of nitrogens with zero attached hydrogens (tertiary/aromatic N) is 1. The molecule has 0 aromatic heterocycles. The van der Waals surface area contributed by atoms with E-state index < -0.39 is 23.9 Å². The molecule has 1 heterocycles. The van der Waals surface area contributed by atoms with Gasteiger partial charge in [0.15, 0.2) is 5.78 Å². The minimum atomic E-state index is -0.935. The minimum Gasteiger partial charge on any atom is -0.508 e. The maximum atomic E-state index is 14.1. The van der Waals surface area contributed by atoms with Crippen LogP contribution in [0.3, 0.4) is 0 Å². The molecule has 8 heteroatoms. The molecule has 3 amide bonds. The van der Waals surface area contributed by atoms with E-state index in [4.69, 9.17) is 0 Å². The molecule has 4 atom stereocenters. The van der Waals surface area contributed by atoms with Gasteiger partial charge in [0.05, 0.1) is 12.0 Å². The number of ketones is 1. The van der Waals surface area contributed by atoms with Crippen LogP contribution >= 0.6 is 0 Å². The number of halogens is 1. The number of phenols is 1. The molecule has 5 rings (SSSR count). The number of phenolic OH excluding ortho intramolecular Hbond substituents is 1. The molecule has 3 aromatic rings. The monoisotopic (exact) mass is 557 g/mol. The molecule has 0 bridgehead atoms. The first-order valence-electron chi connectivity index (χ1n) is 14.3. The maximum absolute atomic E-state index is 14.1. The van der Waals surface area contributed by atoms with Crippen LogP contribution in [0.4, 0.5) is 9.18 Å². The fourth-order valence-electron chi connectivity index (χ4n) is 6.31. The smallest absolute Gasteiger partial charge is 0.318 e. The van der Waals surface area contributed by atoms with E-state index in [1.54, 1.807) is 48.5 Å². The maximum Gasteiger partial charge on any atom is 0.318 e. The molecule has 3 aromatic carbocycles. The number of hydrogen-bond acceptors (Lipinski definition) is 4. The highest BCUT2D eigenvalue weighted by atomic mass is 19.1. The summed E-state index contributed by atoms with van der Waals surface area (Å²) in [6.07, 6.45) is 4.92. The quantitative estimate of drug-likeness (QED) is 0.322. The van der Waals surface area contributed by atoms with E-state index in [2.05, 4.69) is 10.6 Å². The molecule has 214 valence electrons. The summed E-state index contributed by atoms with van der Waals surface area (Å²) >= 11 is 0. The highest BCUT2D eigenvalue weighted by Gasteiger charge is 2.55. The first kappa shape index (κ1) is 28.3. The second-order valence-electron chi connectivity index (χ2n) is 11.1. The van der Waals surface area contributed by atoms with Gasteiger partial charge in [0, 0.05) is 18.2 Å². The standard InChI is InChI=1S/C33H36FN3O4/c1-21-28(31(39)24-8-4-2-5-9-24)30(23-14-18-27(38)19-15-23)37(33(41)36-26-10-6-3-7-11-26)29(21)32(40)35-20-22-12-16-25(34)17-13-22/h2,4-5,8-9,12-19,21,26,28-30,38H,3,6-7,10-11,20H2,1H3,(H,35,40)(H,36,41). The van der Waals surface area contributed by atoms with Crippen LogP contribution < -0.4 is 10.6 Å². The number of Topliss-reactive ketones (excluding diaryl/α,β-unsaturated/α-hetero) is 1. The van der Waals surface area contributed by atoms with Crippen molar-refractivity contribution in [1.82, 2.24) is 15.5 Å². The fraction of sp³-hybridized carbons (Fsp3) is 0.364. The molecule has 1 saturated heterocycles. The largest absolute Gasteiger partial charge is 0.508 e. The minimum absolute atomic E-state index is 0.00109. The van der Waals surface area contributed by atoms with Crippen molar-refractivity contribution in [2.24, 2.45) is 11.8 Å². The molecular formula is C33H36FN3O4. The molecule has 1 saturated carbocycles. The summed E-state index contributed by atoms with van der Waals surface area (Å²) < 4.78 is 13.4. The van der Waals surface area contributed by atoms with Crippen LogP contribution in [0, 0.1) is 17.7 Å². The van der Waals surface area contributed by atoms with E-state index in [1.165, 1.54) is 29.2 Å². The number of likely N-dealkylation sites (tertiary alicyclic amines) is 1. The van der Waals surface area contributed by atoms with Crippen molar-refractivity contribution in [2.75, 3.05) is 0 Å². The second kappa shape index (κ2) is 12.5. The number of benzene rings is 3. The molecular weight excluding hydrogens is 521 g/mol. The van der Waals surface area contributed by atoms with Crippen LogP contribution in [0.2, 0.25) is 0 Å². The first-order chi connectivity index (χ1) is 19.8. The Hall–Kier alpha value is -4.20. The lowest BCUT2D eigenvalue weighted by atomic mass is 9.80. The Kier molecular flexibility index (Phi) is 8.67. The van der Waals surface area contributed by atoms with Gasteiger partial charge in [-0.1, -0.05) is 80.8 Å². The average Bonchev–Trinajstić information content (AvgIpc) is 3.30. The third kappa shape index (κ3) is 6.26. The Balaban J connectivity index is 1.53. The summed E-state index contributed by atoms with van der Waals surface area (Å²) in [5, 5.41) is 16.1. The molecule has 1 aliphatic carbocycles. The van der Waals surface area contributed by atoms with Crippen molar-refractivity contribution in [2.45, 2.75) is 63.7 Å². The van der Waals surface area contributed by atoms with Gasteiger partial charge in [-0.15, -0.1) is 0 Å². The molecule has 7 nitrogen and oxygen atoms in total. The third-order valence-electron chi connectivity index (χ3n) is 8.42. The van der Waals surface area contributed by atoms with Crippen molar-refractivity contribution < 1.29 is 23.9 Å². The summed E-state index contributed by atoms with van der Waals surface area (Å²) in [5.74, 6) is -2.06. The van der Waals surface area contributed by atoms with Crippen LogP contribution in [-0.4, -0.2) is 39.8 Å². The normalized spacial score (nSPS) is 22.7. The van der Waals surface area contributed by atoms with Gasteiger partial charge in [-0.2, -0.15) is 0 Å². The van der Waals surface area contributed by atoms with E-state index in [0.717, 1.165) is 37.7 Å². The molecule has 1 aliphatic heterocycles. The summed E-state index contributed by atoms with van der Waals surface area (Å²) in [6, 6.07) is 19.2. The highest BCUT2D eigenvalue weighted by Crippen LogP contribution is 2.47. The van der Waals surface area contributed by atoms with Gasteiger partial charge in [0.1, 0.15) is 17.6 Å². The van der Waals surface area contributed by atoms with Gasteiger partial charge in [-0.05, 0) is 54.2 Å². The molecule has 41 heavy (non-hydrogen) atoms. The van der Waals surface area contributed by atoms with Crippen molar-refractivity contribution >= 4 is 17.7 Å². The summed E-state index contributed by atoms with van der Waals surface area (Å²) in [7, 11) is 0. The predicted molar refractivity (Wildman–Crippen MR) is 154 cm³/mol. The molecule has 0 radical (unpaired) electrons. The van der Waals surface area contributed by atoms with Gasteiger partial charge >= 0.3 is 6.03 Å². The van der Waals surface area contributed by atoms with Gasteiger partial charge < -0.3 is 20.6 Å². The molecule has 0 spiro atoms. The van der Waals surface area contributed by atoms with E-state index >= 15 is 0 Å². The number of aromatic hydroxyl groups is 1. The lowest BCUT2D eigenvalue weighted by Gasteiger charge is -2.34. The van der Waals surface area contributed by atoms with Crippen LogP contribution in [-0.2, 0) is 11.3 Å². The van der Waals surface area contributed by atoms with Crippen molar-refractivity contribution in [1.29, 1.82) is 0 Å². The third-order valence-corrected chi connectivity index (χ3v) is 8.42. The summed E-state index contributed by atoms with van der Waals surface area (Å²) in [6.45, 7) is 2.00. The second-order valence-corrected chi connectivity index (χ2v) is 11.1. The average molecular weight is 558 g/mol. The zero-order chi connectivity index (χ0) is 28.9. The lowest BCUT2D eigenvalue weighted by molar-refractivity contribution is -0.126. The molecule has 4 unspecified atom stereocenters. The highest BCUT2D eigenvalue weighted by molar-refractivity contribution is 6.01. The predicted octanol–water partition coefficient (Wildman–Crippen LogP) is 5.75. The van der Waals surface area contributed by atoms with E-state index in [0.29, 0.717) is 11.1 Å². The number of carbonyl (C=O) groups is 3. The van der Waals surface area contributed by atoms with Crippen molar-refractivity contribution in [3.8, 4) is 5.75 Å². The van der Waals surface area contributed by atoms with Crippen LogP contribution in [0.5, 0.6) is 5.75 Å². The Morgan fingerprint density at radius 2 is 1.56 bits per heavy atom. The Bertz CT molecular complexity index is 1360. The first-order valence-corrected chi connectivity index (χ1v) is 14.3. The Morgan fingerprint density at radius 3 is 2.22 bits per heavy atom. The van der Waals surface area contributed by atoms with Crippen LogP contribution in [0.25, 0.3) is 0 Å². The molecule has 2 fully saturated rings. The number of carbonyl (C=O) groups excluding carboxylic acids is 3. The number of rotatable bonds is 7. The van der Waals surface area contributed by atoms with Gasteiger partial charge in [0.2, 0.25) is 5.91 Å². The zero-order valence-electron chi connectivity index (χ0n) is 23.1. The van der Waals surface area contributed by atoms with Gasteiger partial charge in [-0.25, -0.2) is 9.18 Å². The summed E-state index contributed by atoms with van der Waals surface area (Å²) in [5.41, 5.74) is 1.89. The number of urea groups is 1. The number of nitrogens with one attached hydrogen (secondary N) is 2. The Labute approximate surface area is 239 Å². The van der Waals surface area contributed by atoms with E-state index in [1.807, 2.05) is 13.0 Å². The molecule has 2 aliphatic rings. The van der Waals surface area contributed by atoms with E-state index in [9.17, 15) is 23.9 Å². The fourth-order valence-corrected chi connectivity index (χ4v) is 6.31. The van der Waals surface area contributed by atoms with Crippen molar-refractivity contribution in [3.05, 3.63) is 101 Å². The Morgan fingerprint density at radius 1 is 0.902 bits per heavy atom. The zero-order valence-corrected chi connectivity index (χ0v) is 23.1. The number of hydrogen-bond donors (Lipinski definition) is 3. The lowest BCUT2D eigenvalue weighted by Crippen LogP contribution is -2.53. The van der Waals surface area contributed by atoms with Crippen LogP contribution in [0.15, 0.2) is 78.9 Å². The SMILES string of the molecule is CC1C(C(=O)c2ccccc2)C(c2ccc(O)cc2)N(C(=O)NC2CCCCC2)C1C(=O)NCc1ccc(F)cc1. The van der Waals surface area contributed by atoms with E-state index in [-0.39, 0.29) is 41.9 Å². The van der Waals surface area contributed by atoms with Crippen molar-refractivity contribution in [3.63, 3.8) is 0 Å².